The van der Waals surface area contributed by atoms with Crippen molar-refractivity contribution < 1.29 is 19.0 Å². The van der Waals surface area contributed by atoms with E-state index in [2.05, 4.69) is 10.6 Å². The molecule has 1 saturated carbocycles. The van der Waals surface area contributed by atoms with Crippen molar-refractivity contribution in [3.8, 4) is 0 Å². The molecule has 22 heavy (non-hydrogen) atoms. The second-order valence-electron chi connectivity index (χ2n) is 6.58. The Hall–Kier alpha value is -0.850. The van der Waals surface area contributed by atoms with Crippen LogP contribution in [-0.2, 0) is 14.2 Å². The van der Waals surface area contributed by atoms with E-state index in [4.69, 9.17) is 14.2 Å². The van der Waals surface area contributed by atoms with Crippen LogP contribution in [0, 0.1) is 5.92 Å². The van der Waals surface area contributed by atoms with Crippen molar-refractivity contribution in [2.24, 2.45) is 5.92 Å². The molecule has 0 aliphatic heterocycles. The molecule has 0 saturated heterocycles. The second-order valence-corrected chi connectivity index (χ2v) is 6.58. The fourth-order valence-electron chi connectivity index (χ4n) is 2.20. The molecule has 2 N–H and O–H groups in total. The molecule has 1 amide bonds. The lowest BCUT2D eigenvalue weighted by atomic mass is 10.2. The number of nitrogens with one attached hydrogen (secondary N) is 2. The standard InChI is InChI=1S/C16H32N2O4/c1-6-20-14(21-7-2)11-17-13(12-8-9-12)10-18-15(19)22-16(3,4)5/h12-14,17H,6-11H2,1-5H3,(H,18,19)/t13-/m0/s1. The molecule has 1 aliphatic carbocycles. The summed E-state index contributed by atoms with van der Waals surface area (Å²) in [7, 11) is 0. The van der Waals surface area contributed by atoms with E-state index in [0.717, 1.165) is 0 Å². The molecule has 6 heteroatoms. The Balaban J connectivity index is 2.34. The van der Waals surface area contributed by atoms with Gasteiger partial charge in [0.15, 0.2) is 6.29 Å². The number of carbonyl (C=O) groups is 1. The van der Waals surface area contributed by atoms with Crippen LogP contribution >= 0.6 is 0 Å². The number of ether oxygens (including phenoxy) is 3. The zero-order chi connectivity index (χ0) is 16.6. The molecule has 130 valence electrons. The molecule has 0 spiro atoms. The van der Waals surface area contributed by atoms with Crippen LogP contribution < -0.4 is 10.6 Å². The first kappa shape index (κ1) is 19.2. The van der Waals surface area contributed by atoms with E-state index in [0.29, 0.717) is 32.2 Å². The minimum absolute atomic E-state index is 0.232. The smallest absolute Gasteiger partial charge is 0.407 e. The van der Waals surface area contributed by atoms with Gasteiger partial charge in [-0.05, 0) is 53.4 Å². The summed E-state index contributed by atoms with van der Waals surface area (Å²) >= 11 is 0. The van der Waals surface area contributed by atoms with Crippen LogP contribution in [0.25, 0.3) is 0 Å². The van der Waals surface area contributed by atoms with Gasteiger partial charge in [0.25, 0.3) is 0 Å². The quantitative estimate of drug-likeness (QED) is 0.605. The SMILES string of the molecule is CCOC(CN[C@@H](CNC(=O)OC(C)(C)C)C1CC1)OCC. The average Bonchev–Trinajstić information content (AvgIpc) is 3.21. The van der Waals surface area contributed by atoms with E-state index in [1.807, 2.05) is 34.6 Å². The molecule has 0 unspecified atom stereocenters. The summed E-state index contributed by atoms with van der Waals surface area (Å²) in [5, 5.41) is 6.29. The van der Waals surface area contributed by atoms with Crippen LogP contribution in [0.15, 0.2) is 0 Å². The Morgan fingerprint density at radius 1 is 1.14 bits per heavy atom. The molecule has 0 aromatic rings. The van der Waals surface area contributed by atoms with Gasteiger partial charge in [0, 0.05) is 32.3 Å². The maximum atomic E-state index is 11.7. The van der Waals surface area contributed by atoms with Crippen molar-refractivity contribution in [3.63, 3.8) is 0 Å². The summed E-state index contributed by atoms with van der Waals surface area (Å²) < 4.78 is 16.3. The first-order valence-corrected chi connectivity index (χ1v) is 8.29. The van der Waals surface area contributed by atoms with E-state index in [1.54, 1.807) is 0 Å². The van der Waals surface area contributed by atoms with E-state index in [-0.39, 0.29) is 18.4 Å². The third-order valence-electron chi connectivity index (χ3n) is 3.31. The molecule has 1 atom stereocenters. The van der Waals surface area contributed by atoms with Gasteiger partial charge in [-0.2, -0.15) is 0 Å². The topological polar surface area (TPSA) is 68.8 Å². The van der Waals surface area contributed by atoms with Gasteiger partial charge >= 0.3 is 6.09 Å². The highest BCUT2D eigenvalue weighted by Crippen LogP contribution is 2.32. The number of hydrogen-bond donors (Lipinski definition) is 2. The Morgan fingerprint density at radius 3 is 2.18 bits per heavy atom. The second kappa shape index (κ2) is 9.33. The highest BCUT2D eigenvalue weighted by molar-refractivity contribution is 5.67. The molecule has 0 aromatic heterocycles. The van der Waals surface area contributed by atoms with Crippen molar-refractivity contribution in [3.05, 3.63) is 0 Å². The summed E-state index contributed by atoms with van der Waals surface area (Å²) in [6.45, 7) is 11.9. The number of rotatable bonds is 10. The zero-order valence-corrected chi connectivity index (χ0v) is 14.6. The van der Waals surface area contributed by atoms with Crippen LogP contribution in [0.4, 0.5) is 4.79 Å². The summed E-state index contributed by atoms with van der Waals surface area (Å²) in [5.74, 6) is 0.610. The van der Waals surface area contributed by atoms with Crippen molar-refractivity contribution in [2.75, 3.05) is 26.3 Å². The first-order valence-electron chi connectivity index (χ1n) is 8.29. The predicted octanol–water partition coefficient (Wildman–Crippen LogP) is 2.28. The molecular weight excluding hydrogens is 284 g/mol. The van der Waals surface area contributed by atoms with Gasteiger partial charge in [-0.25, -0.2) is 4.79 Å². The van der Waals surface area contributed by atoms with Crippen LogP contribution in [0.1, 0.15) is 47.5 Å². The van der Waals surface area contributed by atoms with Gasteiger partial charge in [0.1, 0.15) is 5.60 Å². The largest absolute Gasteiger partial charge is 0.444 e. The number of hydrogen-bond acceptors (Lipinski definition) is 5. The summed E-state index contributed by atoms with van der Waals surface area (Å²) in [6, 6.07) is 0.232. The number of carbonyl (C=O) groups excluding carboxylic acids is 1. The first-order chi connectivity index (χ1) is 10.4. The third-order valence-corrected chi connectivity index (χ3v) is 3.31. The third kappa shape index (κ3) is 8.56. The van der Waals surface area contributed by atoms with Crippen molar-refractivity contribution in [1.29, 1.82) is 0 Å². The van der Waals surface area contributed by atoms with Crippen LogP contribution in [0.5, 0.6) is 0 Å². The molecule has 1 rings (SSSR count). The van der Waals surface area contributed by atoms with Gasteiger partial charge in [-0.15, -0.1) is 0 Å². The van der Waals surface area contributed by atoms with Crippen LogP contribution in [0.3, 0.4) is 0 Å². The number of alkyl carbamates (subject to hydrolysis) is 1. The summed E-state index contributed by atoms with van der Waals surface area (Å²) in [4.78, 5) is 11.7. The number of amides is 1. The summed E-state index contributed by atoms with van der Waals surface area (Å²) in [5.41, 5.74) is -0.471. The normalized spacial score (nSPS) is 16.6. The molecule has 1 fully saturated rings. The highest BCUT2D eigenvalue weighted by atomic mass is 16.7. The van der Waals surface area contributed by atoms with Crippen molar-refractivity contribution in [1.82, 2.24) is 10.6 Å². The van der Waals surface area contributed by atoms with E-state index in [9.17, 15) is 4.79 Å². The van der Waals surface area contributed by atoms with Crippen LogP contribution in [-0.4, -0.2) is 50.3 Å². The van der Waals surface area contributed by atoms with Crippen molar-refractivity contribution in [2.45, 2.75) is 65.4 Å². The Morgan fingerprint density at radius 2 is 1.73 bits per heavy atom. The fourth-order valence-corrected chi connectivity index (χ4v) is 2.20. The Kier molecular flexibility index (Phi) is 8.14. The monoisotopic (exact) mass is 316 g/mol. The maximum absolute atomic E-state index is 11.7. The molecular formula is C16H32N2O4. The van der Waals surface area contributed by atoms with Gasteiger partial charge < -0.3 is 24.8 Å². The van der Waals surface area contributed by atoms with E-state index in [1.165, 1.54) is 12.8 Å². The maximum Gasteiger partial charge on any atom is 0.407 e. The van der Waals surface area contributed by atoms with E-state index >= 15 is 0 Å². The van der Waals surface area contributed by atoms with Gasteiger partial charge in [0.2, 0.25) is 0 Å². The fraction of sp³-hybridized carbons (Fsp3) is 0.938. The molecule has 0 aromatic carbocycles. The van der Waals surface area contributed by atoms with E-state index < -0.39 is 5.60 Å². The molecule has 0 heterocycles. The molecule has 6 nitrogen and oxygen atoms in total. The minimum atomic E-state index is -0.471. The van der Waals surface area contributed by atoms with Crippen LogP contribution in [0.2, 0.25) is 0 Å². The Labute approximate surface area is 134 Å². The van der Waals surface area contributed by atoms with Gasteiger partial charge in [0.05, 0.1) is 0 Å². The minimum Gasteiger partial charge on any atom is -0.444 e. The average molecular weight is 316 g/mol. The van der Waals surface area contributed by atoms with Gasteiger partial charge in [-0.3, -0.25) is 0 Å². The predicted molar refractivity (Wildman–Crippen MR) is 85.8 cm³/mol. The Bertz CT molecular complexity index is 321. The lowest BCUT2D eigenvalue weighted by Crippen LogP contribution is -2.46. The van der Waals surface area contributed by atoms with Crippen molar-refractivity contribution >= 4 is 6.09 Å². The highest BCUT2D eigenvalue weighted by Gasteiger charge is 2.32. The summed E-state index contributed by atoms with van der Waals surface area (Å²) in [6.07, 6.45) is 1.78. The molecule has 0 bridgehead atoms. The lowest BCUT2D eigenvalue weighted by Gasteiger charge is -2.24. The molecule has 0 radical (unpaired) electrons. The zero-order valence-electron chi connectivity index (χ0n) is 14.6. The lowest BCUT2D eigenvalue weighted by molar-refractivity contribution is -0.133. The molecule has 1 aliphatic rings. The van der Waals surface area contributed by atoms with Gasteiger partial charge in [-0.1, -0.05) is 0 Å².